The van der Waals surface area contributed by atoms with Gasteiger partial charge in [-0.2, -0.15) is 0 Å². The highest BCUT2D eigenvalue weighted by atomic mass is 79.9. The maximum absolute atomic E-state index is 13.4. The fraction of sp³-hybridized carbons (Fsp3) is 0.214. The number of Topliss-reactive ketones (excluding diaryl/α,β-unsaturated/α-hetero) is 1. The van der Waals surface area contributed by atoms with Crippen LogP contribution in [0.4, 0.5) is 5.69 Å². The van der Waals surface area contributed by atoms with Gasteiger partial charge < -0.3 is 19.3 Å². The number of carbonyl (C=O) groups excluding carboxylic acids is 2. The second-order valence-corrected chi connectivity index (χ2v) is 8.96. The SMILES string of the molecule is CCCOc1cccc(N2C(=O)C(=O)/C(=C(/O)c3ccc(OC)c(Br)c3)C2c2ccccc2OC)c1. The van der Waals surface area contributed by atoms with Gasteiger partial charge in [-0.25, -0.2) is 0 Å². The number of anilines is 1. The first kappa shape index (κ1) is 25.3. The van der Waals surface area contributed by atoms with E-state index in [0.29, 0.717) is 45.1 Å². The lowest BCUT2D eigenvalue weighted by atomic mass is 9.94. The van der Waals surface area contributed by atoms with E-state index in [1.54, 1.807) is 66.7 Å². The number of aliphatic hydroxyl groups excluding tert-OH is 1. The summed E-state index contributed by atoms with van der Waals surface area (Å²) < 4.78 is 17.2. The van der Waals surface area contributed by atoms with Crippen molar-refractivity contribution in [3.05, 3.63) is 87.9 Å². The number of aliphatic hydroxyl groups is 1. The smallest absolute Gasteiger partial charge is 0.300 e. The average molecular weight is 552 g/mol. The minimum absolute atomic E-state index is 0.0403. The zero-order valence-corrected chi connectivity index (χ0v) is 21.7. The van der Waals surface area contributed by atoms with Crippen molar-refractivity contribution in [1.29, 1.82) is 0 Å². The highest BCUT2D eigenvalue weighted by molar-refractivity contribution is 9.10. The van der Waals surface area contributed by atoms with E-state index in [1.165, 1.54) is 19.1 Å². The molecule has 0 aliphatic carbocycles. The summed E-state index contributed by atoms with van der Waals surface area (Å²) >= 11 is 3.42. The first-order valence-corrected chi connectivity index (χ1v) is 12.2. The van der Waals surface area contributed by atoms with Gasteiger partial charge in [0.05, 0.1) is 36.9 Å². The number of carbonyl (C=O) groups is 2. The van der Waals surface area contributed by atoms with E-state index in [9.17, 15) is 14.7 Å². The molecule has 186 valence electrons. The van der Waals surface area contributed by atoms with E-state index in [-0.39, 0.29) is 11.3 Å². The lowest BCUT2D eigenvalue weighted by Crippen LogP contribution is -2.29. The second kappa shape index (κ2) is 10.9. The number of rotatable bonds is 8. The molecule has 3 aromatic carbocycles. The number of methoxy groups -OCH3 is 2. The van der Waals surface area contributed by atoms with Crippen molar-refractivity contribution in [3.8, 4) is 17.2 Å². The molecular formula is C28H26BrNO6. The summed E-state index contributed by atoms with van der Waals surface area (Å²) in [6.45, 7) is 2.52. The average Bonchev–Trinajstić information content (AvgIpc) is 3.17. The molecule has 3 aromatic rings. The molecule has 4 rings (SSSR count). The van der Waals surface area contributed by atoms with Gasteiger partial charge in [0.1, 0.15) is 23.0 Å². The highest BCUT2D eigenvalue weighted by Crippen LogP contribution is 2.45. The van der Waals surface area contributed by atoms with Crippen LogP contribution >= 0.6 is 15.9 Å². The van der Waals surface area contributed by atoms with E-state index in [4.69, 9.17) is 14.2 Å². The van der Waals surface area contributed by atoms with Crippen LogP contribution in [0.5, 0.6) is 17.2 Å². The van der Waals surface area contributed by atoms with E-state index in [0.717, 1.165) is 6.42 Å². The summed E-state index contributed by atoms with van der Waals surface area (Å²) in [5, 5.41) is 11.4. The zero-order valence-electron chi connectivity index (χ0n) is 20.2. The van der Waals surface area contributed by atoms with Crippen LogP contribution in [0.1, 0.15) is 30.5 Å². The molecule has 0 spiro atoms. The first-order chi connectivity index (χ1) is 17.4. The summed E-state index contributed by atoms with van der Waals surface area (Å²) in [5.41, 5.74) is 1.35. The largest absolute Gasteiger partial charge is 0.507 e. The number of benzene rings is 3. The van der Waals surface area contributed by atoms with Gasteiger partial charge in [0, 0.05) is 22.9 Å². The van der Waals surface area contributed by atoms with Gasteiger partial charge >= 0.3 is 0 Å². The van der Waals surface area contributed by atoms with Gasteiger partial charge in [-0.1, -0.05) is 31.2 Å². The number of halogens is 1. The Morgan fingerprint density at radius 2 is 1.72 bits per heavy atom. The van der Waals surface area contributed by atoms with Gasteiger partial charge in [0.15, 0.2) is 0 Å². The lowest BCUT2D eigenvalue weighted by molar-refractivity contribution is -0.132. The Balaban J connectivity index is 1.93. The van der Waals surface area contributed by atoms with Gasteiger partial charge in [0.2, 0.25) is 0 Å². The van der Waals surface area contributed by atoms with Gasteiger partial charge in [-0.05, 0) is 58.7 Å². The third-order valence-electron chi connectivity index (χ3n) is 5.87. The van der Waals surface area contributed by atoms with Crippen LogP contribution in [0, 0.1) is 0 Å². The molecule has 1 aliphatic heterocycles. The molecular weight excluding hydrogens is 526 g/mol. The summed E-state index contributed by atoms with van der Waals surface area (Å²) in [5.74, 6) is -0.225. The summed E-state index contributed by atoms with van der Waals surface area (Å²) in [6, 6.07) is 18.1. The van der Waals surface area contributed by atoms with Crippen molar-refractivity contribution in [3.63, 3.8) is 0 Å². The van der Waals surface area contributed by atoms with E-state index in [1.807, 2.05) is 6.92 Å². The van der Waals surface area contributed by atoms with Crippen LogP contribution in [0.15, 0.2) is 76.8 Å². The minimum Gasteiger partial charge on any atom is -0.507 e. The van der Waals surface area contributed by atoms with Crippen molar-refractivity contribution < 1.29 is 28.9 Å². The zero-order chi connectivity index (χ0) is 25.8. The molecule has 0 radical (unpaired) electrons. The summed E-state index contributed by atoms with van der Waals surface area (Å²) in [6.07, 6.45) is 0.827. The number of hydrogen-bond donors (Lipinski definition) is 1. The monoisotopic (exact) mass is 551 g/mol. The van der Waals surface area contributed by atoms with Crippen molar-refractivity contribution in [2.45, 2.75) is 19.4 Å². The van der Waals surface area contributed by atoms with E-state index < -0.39 is 17.7 Å². The molecule has 1 fully saturated rings. The molecule has 0 aromatic heterocycles. The minimum atomic E-state index is -0.927. The second-order valence-electron chi connectivity index (χ2n) is 8.11. The van der Waals surface area contributed by atoms with Crippen LogP contribution in [0.2, 0.25) is 0 Å². The topological polar surface area (TPSA) is 85.3 Å². The molecule has 0 bridgehead atoms. The quantitative estimate of drug-likeness (QED) is 0.214. The van der Waals surface area contributed by atoms with Crippen molar-refractivity contribution in [2.75, 3.05) is 25.7 Å². The predicted octanol–water partition coefficient (Wildman–Crippen LogP) is 5.88. The van der Waals surface area contributed by atoms with Crippen LogP contribution in [-0.4, -0.2) is 37.6 Å². The Labute approximate surface area is 218 Å². The molecule has 1 saturated heterocycles. The van der Waals surface area contributed by atoms with Crippen molar-refractivity contribution in [2.24, 2.45) is 0 Å². The predicted molar refractivity (Wildman–Crippen MR) is 141 cm³/mol. The number of nitrogens with zero attached hydrogens (tertiary/aromatic N) is 1. The number of ketones is 1. The van der Waals surface area contributed by atoms with Crippen molar-refractivity contribution in [1.82, 2.24) is 0 Å². The molecule has 1 aliphatic rings. The Kier molecular flexibility index (Phi) is 7.64. The van der Waals surface area contributed by atoms with Crippen molar-refractivity contribution >= 4 is 39.1 Å². The highest BCUT2D eigenvalue weighted by Gasteiger charge is 2.48. The fourth-order valence-electron chi connectivity index (χ4n) is 4.20. The Hall–Kier alpha value is -3.78. The number of hydrogen-bond acceptors (Lipinski definition) is 6. The normalized spacial score (nSPS) is 16.8. The maximum atomic E-state index is 13.4. The molecule has 1 atom stereocenters. The fourth-order valence-corrected chi connectivity index (χ4v) is 4.74. The van der Waals surface area contributed by atoms with Gasteiger partial charge in [-0.3, -0.25) is 14.5 Å². The Morgan fingerprint density at radius 3 is 2.42 bits per heavy atom. The van der Waals surface area contributed by atoms with E-state index >= 15 is 0 Å². The molecule has 36 heavy (non-hydrogen) atoms. The third kappa shape index (κ3) is 4.68. The number of amides is 1. The Bertz CT molecular complexity index is 1340. The standard InChI is InChI=1S/C28H26BrNO6/c1-4-14-36-19-9-7-8-18(16-19)30-25(20-10-5-6-11-22(20)34-2)24(27(32)28(30)33)26(31)17-12-13-23(35-3)21(29)15-17/h5-13,15-16,25,31H,4,14H2,1-3H3/b26-24+. The summed E-state index contributed by atoms with van der Waals surface area (Å²) in [4.78, 5) is 28.3. The summed E-state index contributed by atoms with van der Waals surface area (Å²) in [7, 11) is 3.05. The molecule has 7 nitrogen and oxygen atoms in total. The third-order valence-corrected chi connectivity index (χ3v) is 6.49. The molecule has 1 N–H and O–H groups in total. The van der Waals surface area contributed by atoms with Gasteiger partial charge in [0.25, 0.3) is 11.7 Å². The van der Waals surface area contributed by atoms with Crippen LogP contribution < -0.4 is 19.1 Å². The molecule has 1 heterocycles. The number of para-hydroxylation sites is 1. The van der Waals surface area contributed by atoms with Crippen LogP contribution in [0.25, 0.3) is 5.76 Å². The van der Waals surface area contributed by atoms with E-state index in [2.05, 4.69) is 15.9 Å². The lowest BCUT2D eigenvalue weighted by Gasteiger charge is -2.27. The first-order valence-electron chi connectivity index (χ1n) is 11.4. The van der Waals surface area contributed by atoms with Crippen LogP contribution in [-0.2, 0) is 9.59 Å². The number of ether oxygens (including phenoxy) is 3. The maximum Gasteiger partial charge on any atom is 0.300 e. The van der Waals surface area contributed by atoms with Gasteiger partial charge in [-0.15, -0.1) is 0 Å². The molecule has 1 unspecified atom stereocenters. The Morgan fingerprint density at radius 1 is 0.972 bits per heavy atom. The molecule has 0 saturated carbocycles. The molecule has 1 amide bonds. The van der Waals surface area contributed by atoms with Crippen LogP contribution in [0.3, 0.4) is 0 Å². The molecule has 8 heteroatoms.